The molecule has 0 bridgehead atoms. The summed E-state index contributed by atoms with van der Waals surface area (Å²) < 4.78 is 18.1. The number of carbonyl (C=O) groups excluding carboxylic acids is 1. The van der Waals surface area contributed by atoms with Crippen LogP contribution in [0.3, 0.4) is 0 Å². The first kappa shape index (κ1) is 20.0. The Morgan fingerprint density at radius 3 is 2.50 bits per heavy atom. The fourth-order valence-electron chi connectivity index (χ4n) is 3.61. The fraction of sp³-hybridized carbons (Fsp3) is 0.500. The average molecular weight is 388 g/mol. The Hall–Kier alpha value is -2.74. The molecular formula is C20H28N4O4. The van der Waals surface area contributed by atoms with Crippen molar-refractivity contribution in [2.75, 3.05) is 41.0 Å². The van der Waals surface area contributed by atoms with Gasteiger partial charge in [0.15, 0.2) is 11.5 Å². The molecule has 8 heteroatoms. The zero-order valence-corrected chi connectivity index (χ0v) is 16.9. The fourth-order valence-corrected chi connectivity index (χ4v) is 3.61. The minimum Gasteiger partial charge on any atom is -0.493 e. The number of benzene rings is 1. The molecule has 8 nitrogen and oxygen atoms in total. The second-order valence-corrected chi connectivity index (χ2v) is 6.74. The molecule has 1 amide bonds. The van der Waals surface area contributed by atoms with Gasteiger partial charge in [-0.25, -0.2) is 4.98 Å². The summed E-state index contributed by atoms with van der Waals surface area (Å²) in [5, 5.41) is 3.36. The van der Waals surface area contributed by atoms with E-state index >= 15 is 0 Å². The number of imidazole rings is 1. The summed E-state index contributed by atoms with van der Waals surface area (Å²) in [6, 6.07) is 3.73. The lowest BCUT2D eigenvalue weighted by molar-refractivity contribution is -0.134. The lowest BCUT2D eigenvalue weighted by Crippen LogP contribution is -2.49. The van der Waals surface area contributed by atoms with E-state index in [0.717, 1.165) is 17.9 Å². The molecule has 1 N–H and O–H groups in total. The van der Waals surface area contributed by atoms with Crippen molar-refractivity contribution in [3.05, 3.63) is 35.9 Å². The van der Waals surface area contributed by atoms with E-state index < -0.39 is 0 Å². The lowest BCUT2D eigenvalue weighted by Gasteiger charge is -2.36. The van der Waals surface area contributed by atoms with Gasteiger partial charge in [0.1, 0.15) is 11.9 Å². The van der Waals surface area contributed by atoms with Crippen molar-refractivity contribution < 1.29 is 19.0 Å². The molecule has 1 fully saturated rings. The van der Waals surface area contributed by atoms with Crippen LogP contribution in [-0.2, 0) is 18.3 Å². The Morgan fingerprint density at radius 2 is 1.93 bits per heavy atom. The maximum Gasteiger partial charge on any atom is 0.223 e. The van der Waals surface area contributed by atoms with Gasteiger partial charge in [-0.3, -0.25) is 4.79 Å². The van der Waals surface area contributed by atoms with E-state index in [1.54, 1.807) is 27.5 Å². The minimum atomic E-state index is -0.0545. The third kappa shape index (κ3) is 4.06. The van der Waals surface area contributed by atoms with Gasteiger partial charge in [-0.2, -0.15) is 0 Å². The monoisotopic (exact) mass is 388 g/mol. The molecule has 2 aromatic rings. The average Bonchev–Trinajstić information content (AvgIpc) is 3.16. The van der Waals surface area contributed by atoms with Crippen molar-refractivity contribution in [2.24, 2.45) is 7.05 Å². The number of hydrogen-bond acceptors (Lipinski definition) is 6. The van der Waals surface area contributed by atoms with Gasteiger partial charge >= 0.3 is 0 Å². The molecule has 1 aromatic heterocycles. The Labute approximate surface area is 165 Å². The normalized spacial score (nSPS) is 16.7. The lowest BCUT2D eigenvalue weighted by atomic mass is 10.1. The standard InChI is InChI=1S/C20H28N4O4/c1-23-9-8-22-20(23)15-13-21-7-10-24(15)18(25)6-5-14-11-16(26-2)19(28-4)17(12-14)27-3/h8-9,11-12,15,21H,5-7,10,13H2,1-4H3. The van der Waals surface area contributed by atoms with Crippen LogP contribution in [0.5, 0.6) is 17.2 Å². The summed E-state index contributed by atoms with van der Waals surface area (Å²) in [5.74, 6) is 2.75. The van der Waals surface area contributed by atoms with Crippen LogP contribution in [0.4, 0.5) is 0 Å². The second-order valence-electron chi connectivity index (χ2n) is 6.74. The van der Waals surface area contributed by atoms with E-state index in [0.29, 0.717) is 43.2 Å². The topological polar surface area (TPSA) is 77.9 Å². The molecule has 2 heterocycles. The Balaban J connectivity index is 1.73. The molecule has 0 spiro atoms. The van der Waals surface area contributed by atoms with Crippen LogP contribution < -0.4 is 19.5 Å². The minimum absolute atomic E-state index is 0.0545. The van der Waals surface area contributed by atoms with Crippen LogP contribution in [0.25, 0.3) is 0 Å². The van der Waals surface area contributed by atoms with Crippen molar-refractivity contribution in [1.82, 2.24) is 19.8 Å². The molecule has 1 unspecified atom stereocenters. The van der Waals surface area contributed by atoms with Crippen LogP contribution in [0.2, 0.25) is 0 Å². The molecule has 0 radical (unpaired) electrons. The SMILES string of the molecule is COc1cc(CCC(=O)N2CCNCC2c2nccn2C)cc(OC)c1OC. The summed E-state index contributed by atoms with van der Waals surface area (Å²) in [4.78, 5) is 19.4. The number of ether oxygens (including phenoxy) is 3. The van der Waals surface area contributed by atoms with Crippen molar-refractivity contribution >= 4 is 5.91 Å². The van der Waals surface area contributed by atoms with E-state index in [-0.39, 0.29) is 11.9 Å². The van der Waals surface area contributed by atoms with Gasteiger partial charge in [0.2, 0.25) is 11.7 Å². The van der Waals surface area contributed by atoms with Crippen molar-refractivity contribution in [3.8, 4) is 17.2 Å². The maximum atomic E-state index is 13.0. The quantitative estimate of drug-likeness (QED) is 0.776. The van der Waals surface area contributed by atoms with E-state index in [2.05, 4.69) is 10.3 Å². The zero-order valence-electron chi connectivity index (χ0n) is 16.9. The highest BCUT2D eigenvalue weighted by Gasteiger charge is 2.30. The van der Waals surface area contributed by atoms with Crippen LogP contribution in [0, 0.1) is 0 Å². The molecular weight excluding hydrogens is 360 g/mol. The number of aromatic nitrogens is 2. The van der Waals surface area contributed by atoms with Gasteiger partial charge in [0.05, 0.1) is 21.3 Å². The van der Waals surface area contributed by atoms with Crippen LogP contribution >= 0.6 is 0 Å². The molecule has 3 rings (SSSR count). The molecule has 152 valence electrons. The maximum absolute atomic E-state index is 13.0. The predicted octanol–water partition coefficient (Wildman–Crippen LogP) is 1.55. The van der Waals surface area contributed by atoms with Gasteiger partial charge in [0.25, 0.3) is 0 Å². The summed E-state index contributed by atoms with van der Waals surface area (Å²) in [7, 11) is 6.70. The van der Waals surface area contributed by atoms with E-state index in [1.165, 1.54) is 0 Å². The zero-order chi connectivity index (χ0) is 20.1. The number of nitrogens with one attached hydrogen (secondary N) is 1. The van der Waals surface area contributed by atoms with Gasteiger partial charge in [-0.15, -0.1) is 0 Å². The first-order valence-corrected chi connectivity index (χ1v) is 9.35. The van der Waals surface area contributed by atoms with E-state index in [1.807, 2.05) is 34.8 Å². The van der Waals surface area contributed by atoms with Crippen LogP contribution in [0.1, 0.15) is 23.9 Å². The van der Waals surface area contributed by atoms with E-state index in [4.69, 9.17) is 14.2 Å². The van der Waals surface area contributed by atoms with Gasteiger partial charge < -0.3 is 29.0 Å². The number of methoxy groups -OCH3 is 3. The smallest absolute Gasteiger partial charge is 0.223 e. The Morgan fingerprint density at radius 1 is 1.21 bits per heavy atom. The highest BCUT2D eigenvalue weighted by molar-refractivity contribution is 5.77. The van der Waals surface area contributed by atoms with Crippen LogP contribution in [-0.4, -0.2) is 61.3 Å². The number of aryl methyl sites for hydroxylation is 2. The predicted molar refractivity (Wildman–Crippen MR) is 105 cm³/mol. The van der Waals surface area contributed by atoms with Gasteiger partial charge in [-0.1, -0.05) is 0 Å². The third-order valence-corrected chi connectivity index (χ3v) is 5.07. The summed E-state index contributed by atoms with van der Waals surface area (Å²) in [5.41, 5.74) is 0.964. The number of rotatable bonds is 7. The number of carbonyl (C=O) groups is 1. The molecule has 0 aliphatic carbocycles. The Bertz CT molecular complexity index is 795. The first-order chi connectivity index (χ1) is 13.6. The number of nitrogens with zero attached hydrogens (tertiary/aromatic N) is 3. The van der Waals surface area contributed by atoms with Gasteiger partial charge in [0, 0.05) is 45.5 Å². The number of piperazine rings is 1. The number of amides is 1. The first-order valence-electron chi connectivity index (χ1n) is 9.35. The molecule has 0 saturated carbocycles. The molecule has 1 aliphatic heterocycles. The molecule has 1 aromatic carbocycles. The summed E-state index contributed by atoms with van der Waals surface area (Å²) in [6.45, 7) is 2.17. The summed E-state index contributed by atoms with van der Waals surface area (Å²) >= 11 is 0. The van der Waals surface area contributed by atoms with Crippen molar-refractivity contribution in [3.63, 3.8) is 0 Å². The Kier molecular flexibility index (Phi) is 6.41. The molecule has 1 saturated heterocycles. The molecule has 1 aliphatic rings. The highest BCUT2D eigenvalue weighted by atomic mass is 16.5. The van der Waals surface area contributed by atoms with E-state index in [9.17, 15) is 4.79 Å². The summed E-state index contributed by atoms with van der Waals surface area (Å²) in [6.07, 6.45) is 4.66. The third-order valence-electron chi connectivity index (χ3n) is 5.07. The molecule has 1 atom stereocenters. The largest absolute Gasteiger partial charge is 0.493 e. The highest BCUT2D eigenvalue weighted by Crippen LogP contribution is 2.38. The second kappa shape index (κ2) is 8.97. The van der Waals surface area contributed by atoms with Crippen molar-refractivity contribution in [2.45, 2.75) is 18.9 Å². The van der Waals surface area contributed by atoms with Crippen molar-refractivity contribution in [1.29, 1.82) is 0 Å². The van der Waals surface area contributed by atoms with Gasteiger partial charge in [-0.05, 0) is 24.1 Å². The van der Waals surface area contributed by atoms with Crippen LogP contribution in [0.15, 0.2) is 24.5 Å². The molecule has 28 heavy (non-hydrogen) atoms. The number of hydrogen-bond donors (Lipinski definition) is 1.